The first-order chi connectivity index (χ1) is 6.53. The molecule has 0 aliphatic heterocycles. The topological polar surface area (TPSA) is 72.5 Å². The van der Waals surface area contributed by atoms with Crippen LogP contribution < -0.4 is 5.73 Å². The third-order valence-corrected chi connectivity index (χ3v) is 1.68. The molecule has 0 fully saturated rings. The molecule has 0 saturated carbocycles. The second-order valence-electron chi connectivity index (χ2n) is 3.26. The normalized spacial score (nSPS) is 25.5. The number of aliphatic hydroxyl groups excluding tert-OH is 1. The highest BCUT2D eigenvalue weighted by atomic mass is 16.5. The zero-order chi connectivity index (χ0) is 10.6. The van der Waals surface area contributed by atoms with Gasteiger partial charge in [0.25, 0.3) is 0 Å². The second kappa shape index (κ2) is 4.21. The molecule has 0 aromatic carbocycles. The molecule has 1 rings (SSSR count). The van der Waals surface area contributed by atoms with Gasteiger partial charge in [0.2, 0.25) is 0 Å². The van der Waals surface area contributed by atoms with Crippen LogP contribution >= 0.6 is 0 Å². The average molecular weight is 195 g/mol. The SMILES string of the molecule is CC1(N)C=CC=C(OC(=O)CO)C=C1. The molecule has 1 atom stereocenters. The van der Waals surface area contributed by atoms with Gasteiger partial charge in [-0.25, -0.2) is 4.79 Å². The Kier molecular flexibility index (Phi) is 3.22. The van der Waals surface area contributed by atoms with E-state index in [1.165, 1.54) is 0 Å². The molecule has 0 aromatic rings. The Bertz CT molecular complexity index is 313. The van der Waals surface area contributed by atoms with Crippen LogP contribution in [-0.2, 0) is 9.53 Å². The Morgan fingerprint density at radius 2 is 2.36 bits per heavy atom. The fourth-order valence-corrected chi connectivity index (χ4v) is 0.955. The molecule has 0 amide bonds. The third-order valence-electron chi connectivity index (χ3n) is 1.68. The summed E-state index contributed by atoms with van der Waals surface area (Å²) in [5.41, 5.74) is 5.27. The largest absolute Gasteiger partial charge is 0.425 e. The minimum absolute atomic E-state index is 0.370. The van der Waals surface area contributed by atoms with E-state index in [0.717, 1.165) is 0 Å². The van der Waals surface area contributed by atoms with Crippen molar-refractivity contribution in [1.82, 2.24) is 0 Å². The van der Waals surface area contributed by atoms with Gasteiger partial charge in [0.05, 0.1) is 5.54 Å². The lowest BCUT2D eigenvalue weighted by Gasteiger charge is -2.12. The number of ether oxygens (including phenoxy) is 1. The predicted octanol–water partition coefficient (Wildman–Crippen LogP) is 0.249. The van der Waals surface area contributed by atoms with Gasteiger partial charge in [0.15, 0.2) is 0 Å². The number of carbonyl (C=O) groups is 1. The van der Waals surface area contributed by atoms with Gasteiger partial charge < -0.3 is 15.6 Å². The van der Waals surface area contributed by atoms with E-state index >= 15 is 0 Å². The highest BCUT2D eigenvalue weighted by Gasteiger charge is 2.12. The first-order valence-electron chi connectivity index (χ1n) is 4.23. The van der Waals surface area contributed by atoms with Gasteiger partial charge in [-0.3, -0.25) is 0 Å². The highest BCUT2D eigenvalue weighted by Crippen LogP contribution is 2.12. The molecule has 0 aromatic heterocycles. The van der Waals surface area contributed by atoms with Gasteiger partial charge in [-0.15, -0.1) is 0 Å². The molecular formula is C10H13NO3. The van der Waals surface area contributed by atoms with Crippen LogP contribution in [0.25, 0.3) is 0 Å². The number of carbonyl (C=O) groups excluding carboxylic acids is 1. The summed E-state index contributed by atoms with van der Waals surface area (Å²) in [5.74, 6) is -0.315. The van der Waals surface area contributed by atoms with Crippen molar-refractivity contribution in [3.63, 3.8) is 0 Å². The van der Waals surface area contributed by atoms with Crippen molar-refractivity contribution in [2.75, 3.05) is 6.61 Å². The number of hydrogen-bond acceptors (Lipinski definition) is 4. The molecule has 0 radical (unpaired) electrons. The Hall–Kier alpha value is -1.39. The molecule has 1 aliphatic rings. The maximum atomic E-state index is 10.8. The van der Waals surface area contributed by atoms with Gasteiger partial charge in [-0.1, -0.05) is 18.2 Å². The zero-order valence-electron chi connectivity index (χ0n) is 7.93. The number of nitrogens with two attached hydrogens (primary N) is 1. The minimum Gasteiger partial charge on any atom is -0.425 e. The van der Waals surface area contributed by atoms with Gasteiger partial charge in [-0.2, -0.15) is 0 Å². The zero-order valence-corrected chi connectivity index (χ0v) is 7.93. The Morgan fingerprint density at radius 3 is 3.00 bits per heavy atom. The molecule has 0 bridgehead atoms. The van der Waals surface area contributed by atoms with Crippen molar-refractivity contribution in [2.45, 2.75) is 12.5 Å². The molecule has 0 spiro atoms. The van der Waals surface area contributed by atoms with Crippen LogP contribution in [0, 0.1) is 0 Å². The van der Waals surface area contributed by atoms with Crippen molar-refractivity contribution in [3.8, 4) is 0 Å². The van der Waals surface area contributed by atoms with Crippen LogP contribution in [0.4, 0.5) is 0 Å². The second-order valence-corrected chi connectivity index (χ2v) is 3.26. The maximum absolute atomic E-state index is 10.8. The quantitative estimate of drug-likeness (QED) is 0.619. The Balaban J connectivity index is 2.70. The average Bonchev–Trinajstić information content (AvgIpc) is 2.28. The Morgan fingerprint density at radius 1 is 1.64 bits per heavy atom. The molecule has 76 valence electrons. The number of aliphatic hydroxyl groups is 1. The fraction of sp³-hybridized carbons (Fsp3) is 0.300. The Labute approximate surface area is 82.4 Å². The van der Waals surface area contributed by atoms with Crippen LogP contribution in [0.2, 0.25) is 0 Å². The van der Waals surface area contributed by atoms with E-state index in [9.17, 15) is 4.79 Å². The summed E-state index contributed by atoms with van der Waals surface area (Å²) in [6.45, 7) is 1.19. The summed E-state index contributed by atoms with van der Waals surface area (Å²) in [6, 6.07) is 0. The molecule has 0 saturated heterocycles. The highest BCUT2D eigenvalue weighted by molar-refractivity contribution is 5.72. The van der Waals surface area contributed by atoms with Crippen molar-refractivity contribution < 1.29 is 14.6 Å². The van der Waals surface area contributed by atoms with E-state index in [1.54, 1.807) is 30.4 Å². The molecule has 1 unspecified atom stereocenters. The van der Waals surface area contributed by atoms with Crippen molar-refractivity contribution in [3.05, 3.63) is 36.1 Å². The number of hydrogen-bond donors (Lipinski definition) is 2. The van der Waals surface area contributed by atoms with Crippen LogP contribution in [0.3, 0.4) is 0 Å². The number of esters is 1. The summed E-state index contributed by atoms with van der Waals surface area (Å²) < 4.78 is 4.79. The lowest BCUT2D eigenvalue weighted by molar-refractivity contribution is -0.142. The van der Waals surface area contributed by atoms with Gasteiger partial charge in [0, 0.05) is 0 Å². The first kappa shape index (κ1) is 10.7. The summed E-state index contributed by atoms with van der Waals surface area (Å²) >= 11 is 0. The van der Waals surface area contributed by atoms with E-state index in [-0.39, 0.29) is 0 Å². The van der Waals surface area contributed by atoms with Gasteiger partial charge >= 0.3 is 5.97 Å². The van der Waals surface area contributed by atoms with Gasteiger partial charge in [-0.05, 0) is 19.1 Å². The van der Waals surface area contributed by atoms with Crippen molar-refractivity contribution >= 4 is 5.97 Å². The van der Waals surface area contributed by atoms with E-state index in [1.807, 2.05) is 6.92 Å². The van der Waals surface area contributed by atoms with Crippen LogP contribution in [-0.4, -0.2) is 23.2 Å². The van der Waals surface area contributed by atoms with E-state index < -0.39 is 18.1 Å². The molecule has 4 heteroatoms. The van der Waals surface area contributed by atoms with E-state index in [4.69, 9.17) is 15.6 Å². The van der Waals surface area contributed by atoms with Gasteiger partial charge in [0.1, 0.15) is 12.4 Å². The fourth-order valence-electron chi connectivity index (χ4n) is 0.955. The van der Waals surface area contributed by atoms with Crippen molar-refractivity contribution in [2.24, 2.45) is 5.73 Å². The summed E-state index contributed by atoms with van der Waals surface area (Å²) in [6.07, 6.45) is 8.42. The molecule has 3 N–H and O–H groups in total. The minimum atomic E-state index is -0.685. The van der Waals surface area contributed by atoms with Crippen LogP contribution in [0.1, 0.15) is 6.92 Å². The molecular weight excluding hydrogens is 182 g/mol. The standard InChI is InChI=1S/C10H13NO3/c1-10(11)5-2-3-8(4-6-10)14-9(13)7-12/h2-6,12H,7,11H2,1H3. The summed E-state index contributed by atoms with van der Waals surface area (Å²) in [5, 5.41) is 8.47. The molecule has 4 nitrogen and oxygen atoms in total. The predicted molar refractivity (Wildman–Crippen MR) is 52.1 cm³/mol. The summed E-state index contributed by atoms with van der Waals surface area (Å²) in [7, 11) is 0. The first-order valence-corrected chi connectivity index (χ1v) is 4.23. The monoisotopic (exact) mass is 195 g/mol. The smallest absolute Gasteiger partial charge is 0.337 e. The lowest BCUT2D eigenvalue weighted by Crippen LogP contribution is -2.30. The van der Waals surface area contributed by atoms with E-state index in [0.29, 0.717) is 5.76 Å². The lowest BCUT2D eigenvalue weighted by atomic mass is 10.0. The van der Waals surface area contributed by atoms with Crippen LogP contribution in [0.15, 0.2) is 36.1 Å². The summed E-state index contributed by atoms with van der Waals surface area (Å²) in [4.78, 5) is 10.8. The molecule has 14 heavy (non-hydrogen) atoms. The van der Waals surface area contributed by atoms with Crippen molar-refractivity contribution in [1.29, 1.82) is 0 Å². The molecule has 0 heterocycles. The third kappa shape index (κ3) is 3.16. The maximum Gasteiger partial charge on any atom is 0.337 e. The number of rotatable bonds is 2. The van der Waals surface area contributed by atoms with E-state index in [2.05, 4.69) is 0 Å². The van der Waals surface area contributed by atoms with Crippen LogP contribution in [0.5, 0.6) is 0 Å². The molecule has 1 aliphatic carbocycles. The number of allylic oxidation sites excluding steroid dienone is 3.